The van der Waals surface area contributed by atoms with Crippen LogP contribution in [0.2, 0.25) is 5.02 Å². The first kappa shape index (κ1) is 12.0. The zero-order valence-electron chi connectivity index (χ0n) is 8.72. The van der Waals surface area contributed by atoms with Gasteiger partial charge in [0.05, 0.1) is 4.90 Å². The Morgan fingerprint density at radius 1 is 1.12 bits per heavy atom. The van der Waals surface area contributed by atoms with Crippen molar-refractivity contribution in [2.75, 3.05) is 4.72 Å². The zero-order valence-corrected chi connectivity index (χ0v) is 10.3. The fraction of sp³-hybridized carbons (Fsp3) is 0. The number of sulfonamides is 1. The Kier molecular flexibility index (Phi) is 3.36. The minimum atomic E-state index is -3.59. The lowest BCUT2D eigenvalue weighted by Crippen LogP contribution is -2.12. The van der Waals surface area contributed by atoms with E-state index >= 15 is 0 Å². The first-order valence-corrected chi connectivity index (χ1v) is 6.69. The predicted octanol–water partition coefficient (Wildman–Crippen LogP) is 2.94. The molecule has 0 heterocycles. The van der Waals surface area contributed by atoms with Gasteiger partial charge in [0, 0.05) is 16.8 Å². The molecule has 3 nitrogen and oxygen atoms in total. The second-order valence-electron chi connectivity index (χ2n) is 3.34. The van der Waals surface area contributed by atoms with Crippen molar-refractivity contribution >= 4 is 27.3 Å². The van der Waals surface area contributed by atoms with Gasteiger partial charge in [-0.05, 0) is 24.3 Å². The summed E-state index contributed by atoms with van der Waals surface area (Å²) in [6, 6.07) is 15.6. The molecule has 0 bridgehead atoms. The Morgan fingerprint density at radius 2 is 1.82 bits per heavy atom. The monoisotopic (exact) mass is 266 g/mol. The average molecular weight is 267 g/mol. The van der Waals surface area contributed by atoms with E-state index in [1.54, 1.807) is 24.3 Å². The molecule has 0 aliphatic carbocycles. The second kappa shape index (κ2) is 4.77. The molecule has 0 spiro atoms. The summed E-state index contributed by atoms with van der Waals surface area (Å²) in [5, 5.41) is 0.265. The maximum atomic E-state index is 12.0. The minimum absolute atomic E-state index is 0.116. The van der Waals surface area contributed by atoms with Crippen molar-refractivity contribution in [1.82, 2.24) is 0 Å². The number of para-hydroxylation sites is 1. The minimum Gasteiger partial charge on any atom is -0.280 e. The first-order valence-electron chi connectivity index (χ1n) is 4.83. The summed E-state index contributed by atoms with van der Waals surface area (Å²) in [7, 11) is -3.59. The van der Waals surface area contributed by atoms with E-state index in [2.05, 4.69) is 10.8 Å². The van der Waals surface area contributed by atoms with Gasteiger partial charge in [0.25, 0.3) is 10.0 Å². The number of nitrogens with one attached hydrogen (secondary N) is 1. The summed E-state index contributed by atoms with van der Waals surface area (Å²) < 4.78 is 26.4. The normalized spacial score (nSPS) is 11.1. The van der Waals surface area contributed by atoms with Crippen molar-refractivity contribution in [1.29, 1.82) is 0 Å². The molecule has 1 radical (unpaired) electrons. The lowest BCUT2D eigenvalue weighted by Gasteiger charge is -2.07. The molecule has 0 atom stereocenters. The molecular weight excluding hydrogens is 258 g/mol. The van der Waals surface area contributed by atoms with Gasteiger partial charge in [0.2, 0.25) is 0 Å². The number of benzene rings is 2. The van der Waals surface area contributed by atoms with Gasteiger partial charge < -0.3 is 0 Å². The first-order chi connectivity index (χ1) is 8.08. The van der Waals surface area contributed by atoms with Crippen LogP contribution in [0.3, 0.4) is 0 Å². The van der Waals surface area contributed by atoms with Crippen LogP contribution < -0.4 is 4.72 Å². The third-order valence-corrected chi connectivity index (χ3v) is 3.67. The molecule has 2 aromatic rings. The lowest BCUT2D eigenvalue weighted by molar-refractivity contribution is 0.601. The molecule has 2 rings (SSSR count). The Bertz CT molecular complexity index is 611. The van der Waals surface area contributed by atoms with Gasteiger partial charge in [-0.25, -0.2) is 8.42 Å². The second-order valence-corrected chi connectivity index (χ2v) is 5.43. The molecule has 2 aromatic carbocycles. The van der Waals surface area contributed by atoms with Crippen molar-refractivity contribution in [3.8, 4) is 0 Å². The number of hydrogen-bond donors (Lipinski definition) is 1. The fourth-order valence-corrected chi connectivity index (χ4v) is 2.64. The van der Waals surface area contributed by atoms with E-state index in [1.807, 2.05) is 6.07 Å². The van der Waals surface area contributed by atoms with Crippen LogP contribution in [-0.2, 0) is 10.0 Å². The van der Waals surface area contributed by atoms with Crippen LogP contribution >= 0.6 is 11.6 Å². The van der Waals surface area contributed by atoms with Crippen molar-refractivity contribution in [3.05, 3.63) is 59.6 Å². The number of halogens is 1. The molecule has 0 aromatic heterocycles. The molecule has 0 saturated carbocycles. The molecule has 0 aliphatic rings. The molecule has 1 N–H and O–H groups in total. The molecule has 87 valence electrons. The highest BCUT2D eigenvalue weighted by Crippen LogP contribution is 2.18. The Labute approximate surface area is 105 Å². The summed E-state index contributed by atoms with van der Waals surface area (Å²) in [6.45, 7) is 0. The van der Waals surface area contributed by atoms with Gasteiger partial charge in [-0.1, -0.05) is 35.9 Å². The molecule has 0 fully saturated rings. The highest BCUT2D eigenvalue weighted by molar-refractivity contribution is 7.92. The highest BCUT2D eigenvalue weighted by Gasteiger charge is 2.13. The maximum Gasteiger partial charge on any atom is 0.261 e. The summed E-state index contributed by atoms with van der Waals surface area (Å²) >= 11 is 5.71. The average Bonchev–Trinajstić information content (AvgIpc) is 2.30. The van der Waals surface area contributed by atoms with E-state index in [0.29, 0.717) is 5.69 Å². The van der Waals surface area contributed by atoms with Gasteiger partial charge in [-0.3, -0.25) is 4.72 Å². The summed E-state index contributed by atoms with van der Waals surface area (Å²) in [4.78, 5) is 0.116. The molecule has 0 saturated heterocycles. The van der Waals surface area contributed by atoms with Crippen molar-refractivity contribution in [2.45, 2.75) is 4.90 Å². The quantitative estimate of drug-likeness (QED) is 0.928. The van der Waals surface area contributed by atoms with Gasteiger partial charge in [0.15, 0.2) is 0 Å². The Hall–Kier alpha value is -1.52. The molecule has 5 heteroatoms. The largest absolute Gasteiger partial charge is 0.280 e. The smallest absolute Gasteiger partial charge is 0.261 e. The fourth-order valence-electron chi connectivity index (χ4n) is 1.31. The highest BCUT2D eigenvalue weighted by atomic mass is 35.5. The predicted molar refractivity (Wildman–Crippen MR) is 67.5 cm³/mol. The maximum absolute atomic E-state index is 12.0. The lowest BCUT2D eigenvalue weighted by atomic mass is 10.3. The Balaban J connectivity index is 2.32. The van der Waals surface area contributed by atoms with Crippen LogP contribution in [0.25, 0.3) is 0 Å². The van der Waals surface area contributed by atoms with Crippen molar-refractivity contribution < 1.29 is 8.42 Å². The summed E-state index contributed by atoms with van der Waals surface area (Å²) in [6.07, 6.45) is 0. The number of anilines is 1. The van der Waals surface area contributed by atoms with E-state index in [0.717, 1.165) is 0 Å². The third-order valence-electron chi connectivity index (χ3n) is 2.07. The van der Waals surface area contributed by atoms with Gasteiger partial charge in [0.1, 0.15) is 0 Å². The van der Waals surface area contributed by atoms with Crippen molar-refractivity contribution in [2.24, 2.45) is 0 Å². The van der Waals surface area contributed by atoms with Crippen LogP contribution in [0.15, 0.2) is 53.4 Å². The van der Waals surface area contributed by atoms with Gasteiger partial charge in [-0.2, -0.15) is 0 Å². The molecule has 0 amide bonds. The van der Waals surface area contributed by atoms with Crippen LogP contribution in [0, 0.1) is 6.07 Å². The zero-order chi connectivity index (χ0) is 12.3. The molecular formula is C12H9ClNO2S. The molecule has 0 aliphatic heterocycles. The van der Waals surface area contributed by atoms with Crippen molar-refractivity contribution in [3.63, 3.8) is 0 Å². The third kappa shape index (κ3) is 2.99. The summed E-state index contributed by atoms with van der Waals surface area (Å²) in [5.74, 6) is 0. The van der Waals surface area contributed by atoms with E-state index < -0.39 is 10.0 Å². The molecule has 17 heavy (non-hydrogen) atoms. The van der Waals surface area contributed by atoms with Crippen LogP contribution in [-0.4, -0.2) is 8.42 Å². The molecule has 0 unspecified atom stereocenters. The van der Waals surface area contributed by atoms with Crippen LogP contribution in [0.1, 0.15) is 0 Å². The van der Waals surface area contributed by atoms with E-state index in [4.69, 9.17) is 11.6 Å². The van der Waals surface area contributed by atoms with Crippen LogP contribution in [0.4, 0.5) is 5.69 Å². The Morgan fingerprint density at radius 3 is 2.47 bits per heavy atom. The van der Waals surface area contributed by atoms with Gasteiger partial charge >= 0.3 is 0 Å². The summed E-state index contributed by atoms with van der Waals surface area (Å²) in [5.41, 5.74) is 0.511. The van der Waals surface area contributed by atoms with Gasteiger partial charge in [-0.15, -0.1) is 0 Å². The van der Waals surface area contributed by atoms with Crippen LogP contribution in [0.5, 0.6) is 0 Å². The standard InChI is InChI=1S/C12H9ClNO2S/c13-10-5-4-8-12(9-10)17(15,16)14-11-6-2-1-3-7-11/h1-4,6-9,14H. The number of rotatable bonds is 3. The topological polar surface area (TPSA) is 46.2 Å². The van der Waals surface area contributed by atoms with E-state index in [1.165, 1.54) is 18.2 Å². The van der Waals surface area contributed by atoms with E-state index in [-0.39, 0.29) is 9.92 Å². The van der Waals surface area contributed by atoms with E-state index in [9.17, 15) is 8.42 Å². The number of hydrogen-bond acceptors (Lipinski definition) is 2. The SMILES string of the molecule is O=S(=O)(Nc1ccccc1)c1cc[c]c(Cl)c1.